The molecule has 1 aliphatic heterocycles. The summed E-state index contributed by atoms with van der Waals surface area (Å²) in [6, 6.07) is 4.11. The molecule has 2 aromatic rings. The van der Waals surface area contributed by atoms with Gasteiger partial charge < -0.3 is 15.5 Å². The van der Waals surface area contributed by atoms with Gasteiger partial charge in [0.25, 0.3) is 0 Å². The number of aromatic nitrogens is 2. The molecule has 0 aliphatic carbocycles. The maximum atomic E-state index is 5.62. The van der Waals surface area contributed by atoms with Crippen LogP contribution in [0.3, 0.4) is 0 Å². The van der Waals surface area contributed by atoms with Gasteiger partial charge in [-0.25, -0.2) is 4.98 Å². The largest absolute Gasteiger partial charge is 0.326 e. The maximum Gasteiger partial charge on any atom is 0.137 e. The van der Waals surface area contributed by atoms with Crippen LogP contribution in [-0.2, 0) is 6.54 Å². The van der Waals surface area contributed by atoms with Crippen LogP contribution >= 0.6 is 0 Å². The molecule has 0 aromatic carbocycles. The molecule has 0 radical (unpaired) electrons. The molecule has 0 bridgehead atoms. The van der Waals surface area contributed by atoms with Gasteiger partial charge in [-0.1, -0.05) is 0 Å². The highest BCUT2D eigenvalue weighted by atomic mass is 15.0. The van der Waals surface area contributed by atoms with Crippen molar-refractivity contribution in [2.75, 3.05) is 13.1 Å². The second-order valence-electron chi connectivity index (χ2n) is 4.36. The van der Waals surface area contributed by atoms with Crippen LogP contribution in [0, 0.1) is 0 Å². The zero-order valence-corrected chi connectivity index (χ0v) is 9.19. The molecule has 0 amide bonds. The van der Waals surface area contributed by atoms with Crippen LogP contribution in [0.15, 0.2) is 24.5 Å². The van der Waals surface area contributed by atoms with Gasteiger partial charge in [-0.15, -0.1) is 0 Å². The van der Waals surface area contributed by atoms with E-state index in [-0.39, 0.29) is 0 Å². The Morgan fingerprint density at radius 3 is 3.25 bits per heavy atom. The summed E-state index contributed by atoms with van der Waals surface area (Å²) in [5.74, 6) is 0.571. The second-order valence-corrected chi connectivity index (χ2v) is 4.36. The van der Waals surface area contributed by atoms with Gasteiger partial charge in [0, 0.05) is 31.4 Å². The minimum absolute atomic E-state index is 0.571. The fourth-order valence-corrected chi connectivity index (χ4v) is 2.27. The molecule has 3 N–H and O–H groups in total. The third-order valence-electron chi connectivity index (χ3n) is 3.26. The first kappa shape index (κ1) is 9.81. The van der Waals surface area contributed by atoms with Crippen molar-refractivity contribution in [2.45, 2.75) is 18.9 Å². The van der Waals surface area contributed by atoms with Gasteiger partial charge in [-0.2, -0.15) is 0 Å². The molecule has 0 spiro atoms. The van der Waals surface area contributed by atoms with E-state index in [0.29, 0.717) is 12.5 Å². The number of fused-ring (bicyclic) bond motifs is 1. The van der Waals surface area contributed by atoms with E-state index >= 15 is 0 Å². The van der Waals surface area contributed by atoms with Gasteiger partial charge in [0.05, 0.1) is 5.69 Å². The van der Waals surface area contributed by atoms with E-state index in [1.165, 1.54) is 12.1 Å². The Kier molecular flexibility index (Phi) is 2.38. The Morgan fingerprint density at radius 2 is 2.50 bits per heavy atom. The van der Waals surface area contributed by atoms with Crippen molar-refractivity contribution in [2.24, 2.45) is 5.73 Å². The summed E-state index contributed by atoms with van der Waals surface area (Å²) in [5.41, 5.74) is 8.95. The number of nitrogens with one attached hydrogen (secondary N) is 1. The lowest BCUT2D eigenvalue weighted by Crippen LogP contribution is -2.07. The van der Waals surface area contributed by atoms with Crippen molar-refractivity contribution in [3.8, 4) is 0 Å². The molecule has 2 aromatic heterocycles. The number of hydrogen-bond donors (Lipinski definition) is 2. The van der Waals surface area contributed by atoms with Crippen LogP contribution in [0.5, 0.6) is 0 Å². The number of nitrogens with zero attached hydrogens (tertiary/aromatic N) is 2. The topological polar surface area (TPSA) is 55.4 Å². The minimum Gasteiger partial charge on any atom is -0.326 e. The Morgan fingerprint density at radius 1 is 1.56 bits per heavy atom. The summed E-state index contributed by atoms with van der Waals surface area (Å²) < 4.78 is 2.08. The third kappa shape index (κ3) is 1.60. The predicted molar refractivity (Wildman–Crippen MR) is 63.3 cm³/mol. The van der Waals surface area contributed by atoms with Gasteiger partial charge in [0.1, 0.15) is 5.65 Å². The van der Waals surface area contributed by atoms with Gasteiger partial charge in [0.2, 0.25) is 0 Å². The van der Waals surface area contributed by atoms with E-state index in [4.69, 9.17) is 5.73 Å². The molecule has 84 valence electrons. The van der Waals surface area contributed by atoms with E-state index in [2.05, 4.69) is 27.0 Å². The first-order valence-corrected chi connectivity index (χ1v) is 5.75. The average Bonchev–Trinajstić information content (AvgIpc) is 2.96. The van der Waals surface area contributed by atoms with Crippen LogP contribution in [0.1, 0.15) is 23.6 Å². The Hall–Kier alpha value is -1.39. The summed E-state index contributed by atoms with van der Waals surface area (Å²) in [6.45, 7) is 2.73. The van der Waals surface area contributed by atoms with Crippen molar-refractivity contribution >= 4 is 5.65 Å². The zero-order valence-electron chi connectivity index (χ0n) is 9.19. The third-order valence-corrected chi connectivity index (χ3v) is 3.26. The van der Waals surface area contributed by atoms with Crippen LogP contribution < -0.4 is 11.1 Å². The van der Waals surface area contributed by atoms with Crippen LogP contribution in [-0.4, -0.2) is 22.5 Å². The average molecular weight is 216 g/mol. The highest BCUT2D eigenvalue weighted by molar-refractivity contribution is 5.43. The molecule has 1 unspecified atom stereocenters. The quantitative estimate of drug-likeness (QED) is 0.783. The van der Waals surface area contributed by atoms with E-state index < -0.39 is 0 Å². The molecular formula is C12H16N4. The monoisotopic (exact) mass is 216 g/mol. The fourth-order valence-electron chi connectivity index (χ4n) is 2.27. The summed E-state index contributed by atoms with van der Waals surface area (Å²) in [7, 11) is 0. The summed E-state index contributed by atoms with van der Waals surface area (Å²) in [4.78, 5) is 4.67. The molecule has 1 fully saturated rings. The molecule has 0 saturated carbocycles. The van der Waals surface area contributed by atoms with E-state index in [1.807, 2.05) is 12.3 Å². The van der Waals surface area contributed by atoms with E-state index in [1.54, 1.807) is 0 Å². The molecule has 3 rings (SSSR count). The van der Waals surface area contributed by atoms with Crippen LogP contribution in [0.25, 0.3) is 5.65 Å². The molecule has 4 nitrogen and oxygen atoms in total. The van der Waals surface area contributed by atoms with Crippen molar-refractivity contribution in [1.82, 2.24) is 14.7 Å². The summed E-state index contributed by atoms with van der Waals surface area (Å²) >= 11 is 0. The van der Waals surface area contributed by atoms with Crippen molar-refractivity contribution in [3.05, 3.63) is 35.8 Å². The number of rotatable bonds is 2. The number of imidazole rings is 1. The molecule has 1 saturated heterocycles. The maximum absolute atomic E-state index is 5.62. The molecule has 3 heterocycles. The normalized spacial score (nSPS) is 20.7. The molecule has 1 aliphatic rings. The lowest BCUT2D eigenvalue weighted by molar-refractivity contribution is 0.741. The number of pyridine rings is 1. The van der Waals surface area contributed by atoms with E-state index in [0.717, 1.165) is 24.3 Å². The summed E-state index contributed by atoms with van der Waals surface area (Å²) in [6.07, 6.45) is 5.36. The van der Waals surface area contributed by atoms with Gasteiger partial charge in [-0.05, 0) is 30.7 Å². The van der Waals surface area contributed by atoms with Crippen molar-refractivity contribution in [1.29, 1.82) is 0 Å². The van der Waals surface area contributed by atoms with Crippen molar-refractivity contribution < 1.29 is 0 Å². The Bertz CT molecular complexity index is 497. The number of nitrogens with two attached hydrogens (primary N) is 1. The molecule has 16 heavy (non-hydrogen) atoms. The lowest BCUT2D eigenvalue weighted by atomic mass is 10.1. The van der Waals surface area contributed by atoms with Gasteiger partial charge >= 0.3 is 0 Å². The molecule has 1 atom stereocenters. The fraction of sp³-hybridized carbons (Fsp3) is 0.417. The van der Waals surface area contributed by atoms with Crippen molar-refractivity contribution in [3.63, 3.8) is 0 Å². The lowest BCUT2D eigenvalue weighted by Gasteiger charge is -2.01. The smallest absolute Gasteiger partial charge is 0.137 e. The summed E-state index contributed by atoms with van der Waals surface area (Å²) in [5, 5.41) is 3.37. The first-order chi connectivity index (χ1) is 7.86. The minimum atomic E-state index is 0.571. The first-order valence-electron chi connectivity index (χ1n) is 5.75. The SMILES string of the molecule is NCc1ccn2cc(C3CCNC3)nc2c1. The standard InChI is InChI=1S/C12H16N4/c13-6-9-2-4-16-8-11(15-12(16)5-9)10-1-3-14-7-10/h2,4-5,8,10,14H,1,3,6-7,13H2. The Labute approximate surface area is 94.5 Å². The Balaban J connectivity index is 2.01. The van der Waals surface area contributed by atoms with Crippen LogP contribution in [0.4, 0.5) is 0 Å². The number of hydrogen-bond acceptors (Lipinski definition) is 3. The highest BCUT2D eigenvalue weighted by Gasteiger charge is 2.19. The highest BCUT2D eigenvalue weighted by Crippen LogP contribution is 2.22. The van der Waals surface area contributed by atoms with Gasteiger partial charge in [0.15, 0.2) is 0 Å². The van der Waals surface area contributed by atoms with E-state index in [9.17, 15) is 0 Å². The van der Waals surface area contributed by atoms with Gasteiger partial charge in [-0.3, -0.25) is 0 Å². The molecular weight excluding hydrogens is 200 g/mol. The molecule has 4 heteroatoms. The predicted octanol–water partition coefficient (Wildman–Crippen LogP) is 0.870. The second kappa shape index (κ2) is 3.88. The zero-order chi connectivity index (χ0) is 11.0. The van der Waals surface area contributed by atoms with Crippen LogP contribution in [0.2, 0.25) is 0 Å².